The lowest BCUT2D eigenvalue weighted by Crippen LogP contribution is -2.37. The molecule has 0 fully saturated rings. The van der Waals surface area contributed by atoms with Crippen LogP contribution in [0.1, 0.15) is 11.1 Å². The molecule has 9 rings (SSSR count). The predicted octanol–water partition coefficient (Wildman–Crippen LogP) is 9.49. The summed E-state index contributed by atoms with van der Waals surface area (Å²) in [6.45, 7) is 0. The Labute approximate surface area is 255 Å². The van der Waals surface area contributed by atoms with E-state index in [1.165, 1.54) is 49.2 Å². The van der Waals surface area contributed by atoms with Gasteiger partial charge in [0, 0.05) is 27.6 Å². The second kappa shape index (κ2) is 9.97. The lowest BCUT2D eigenvalue weighted by Gasteiger charge is -2.28. The van der Waals surface area contributed by atoms with Crippen LogP contribution in [0, 0.1) is 5.92 Å². The Kier molecular flexibility index (Phi) is 5.64. The number of allylic oxidation sites excluding steroid dienone is 6. The molecule has 1 heterocycles. The third-order valence-electron chi connectivity index (χ3n) is 9.16. The van der Waals surface area contributed by atoms with Crippen molar-refractivity contribution in [3.8, 4) is 11.1 Å². The molecule has 44 heavy (non-hydrogen) atoms. The highest BCUT2D eigenvalue weighted by Gasteiger charge is 2.29. The van der Waals surface area contributed by atoms with Crippen molar-refractivity contribution in [2.45, 2.75) is 0 Å². The van der Waals surface area contributed by atoms with E-state index in [1.807, 2.05) is 0 Å². The minimum atomic E-state index is 0.0846. The maximum Gasteiger partial charge on any atom is 0.143 e. The largest absolute Gasteiger partial charge is 0.455 e. The van der Waals surface area contributed by atoms with E-state index in [9.17, 15) is 0 Å². The molecule has 0 saturated carbocycles. The molecule has 1 unspecified atom stereocenters. The number of para-hydroxylation sites is 1. The van der Waals surface area contributed by atoms with Crippen LogP contribution >= 0.6 is 0 Å². The summed E-state index contributed by atoms with van der Waals surface area (Å²) in [5.74, 6) is 0.0846. The first-order chi connectivity index (χ1) is 21.8. The molecule has 7 aromatic rings. The number of hydrogen-bond donors (Lipinski definition) is 0. The van der Waals surface area contributed by atoms with Gasteiger partial charge in [0.15, 0.2) is 0 Å². The standard InChI is InChI=1S/C43H28O/c1-3-13-28(14-4-1)30-16-11-17-31(27-30)40-33-19-5-2-6-20-35(33)41(36-22-10-9-21-34(36)40)39-24-12-23-37-38-26-25-29-15-7-8-18-32(29)42(38)44-43(37)39/h1-27,33H. The van der Waals surface area contributed by atoms with E-state index < -0.39 is 0 Å². The Morgan fingerprint density at radius 1 is 0.477 bits per heavy atom. The highest BCUT2D eigenvalue weighted by atomic mass is 16.3. The SMILES string of the molecule is C1=CC=C2C(c3cccc4c3oc3c5ccccc5ccc43)=c3ccccc3=C(c3cccc(-c4ccccc4)c3)C2C=C1. The zero-order chi connectivity index (χ0) is 29.0. The Bertz CT molecular complexity index is 2480. The first-order valence-electron chi connectivity index (χ1n) is 15.2. The summed E-state index contributed by atoms with van der Waals surface area (Å²) in [5, 5.41) is 7.14. The zero-order valence-corrected chi connectivity index (χ0v) is 24.1. The Hall–Kier alpha value is -5.66. The molecule has 0 radical (unpaired) electrons. The van der Waals surface area contributed by atoms with Gasteiger partial charge in [-0.2, -0.15) is 0 Å². The fourth-order valence-electron chi connectivity index (χ4n) is 7.21. The molecule has 1 nitrogen and oxygen atoms in total. The monoisotopic (exact) mass is 560 g/mol. The van der Waals surface area contributed by atoms with Gasteiger partial charge in [0.2, 0.25) is 0 Å². The van der Waals surface area contributed by atoms with Gasteiger partial charge in [-0.05, 0) is 61.4 Å². The van der Waals surface area contributed by atoms with Crippen molar-refractivity contribution >= 4 is 43.9 Å². The second-order valence-electron chi connectivity index (χ2n) is 11.6. The fraction of sp³-hybridized carbons (Fsp3) is 0.0233. The van der Waals surface area contributed by atoms with Crippen LogP contribution in [0.15, 0.2) is 174 Å². The van der Waals surface area contributed by atoms with Crippen LogP contribution in [-0.4, -0.2) is 0 Å². The van der Waals surface area contributed by atoms with Crippen LogP contribution in [0.2, 0.25) is 0 Å². The molecule has 0 bridgehead atoms. The lowest BCUT2D eigenvalue weighted by atomic mass is 9.75. The first-order valence-corrected chi connectivity index (χ1v) is 15.2. The van der Waals surface area contributed by atoms with Crippen LogP contribution in [-0.2, 0) is 0 Å². The van der Waals surface area contributed by atoms with Gasteiger partial charge in [-0.25, -0.2) is 0 Å². The van der Waals surface area contributed by atoms with Gasteiger partial charge in [-0.3, -0.25) is 0 Å². The Morgan fingerprint density at radius 2 is 1.20 bits per heavy atom. The second-order valence-corrected chi connectivity index (χ2v) is 11.6. The predicted molar refractivity (Wildman–Crippen MR) is 184 cm³/mol. The van der Waals surface area contributed by atoms with Gasteiger partial charge in [-0.1, -0.05) is 152 Å². The van der Waals surface area contributed by atoms with Crippen LogP contribution < -0.4 is 10.4 Å². The zero-order valence-electron chi connectivity index (χ0n) is 24.1. The van der Waals surface area contributed by atoms with E-state index in [1.54, 1.807) is 0 Å². The van der Waals surface area contributed by atoms with E-state index in [-0.39, 0.29) is 5.92 Å². The minimum absolute atomic E-state index is 0.0846. The summed E-state index contributed by atoms with van der Waals surface area (Å²) < 4.78 is 6.86. The van der Waals surface area contributed by atoms with Crippen molar-refractivity contribution in [3.05, 3.63) is 191 Å². The van der Waals surface area contributed by atoms with Crippen molar-refractivity contribution in [1.29, 1.82) is 0 Å². The summed E-state index contributed by atoms with van der Waals surface area (Å²) in [6, 6.07) is 48.0. The van der Waals surface area contributed by atoms with E-state index in [2.05, 4.69) is 164 Å². The van der Waals surface area contributed by atoms with E-state index >= 15 is 0 Å². The normalized spacial score (nSPS) is 15.8. The smallest absolute Gasteiger partial charge is 0.143 e. The van der Waals surface area contributed by atoms with Gasteiger partial charge in [-0.15, -0.1) is 0 Å². The summed E-state index contributed by atoms with van der Waals surface area (Å²) in [4.78, 5) is 0. The molecule has 6 aromatic carbocycles. The fourth-order valence-corrected chi connectivity index (χ4v) is 7.21. The topological polar surface area (TPSA) is 13.1 Å². The van der Waals surface area contributed by atoms with Crippen LogP contribution in [0.4, 0.5) is 0 Å². The molecule has 2 aliphatic rings. The molecule has 2 aliphatic carbocycles. The minimum Gasteiger partial charge on any atom is -0.455 e. The number of rotatable bonds is 3. The maximum atomic E-state index is 6.86. The molecular formula is C43H28O. The number of furan rings is 1. The molecule has 1 heteroatoms. The van der Waals surface area contributed by atoms with Crippen molar-refractivity contribution in [2.75, 3.05) is 0 Å². The van der Waals surface area contributed by atoms with E-state index in [4.69, 9.17) is 4.42 Å². The third kappa shape index (κ3) is 3.80. The van der Waals surface area contributed by atoms with Gasteiger partial charge in [0.1, 0.15) is 11.2 Å². The Balaban J connectivity index is 1.38. The molecule has 0 N–H and O–H groups in total. The van der Waals surface area contributed by atoms with Gasteiger partial charge >= 0.3 is 0 Å². The van der Waals surface area contributed by atoms with E-state index in [0.717, 1.165) is 32.9 Å². The summed E-state index contributed by atoms with van der Waals surface area (Å²) in [7, 11) is 0. The van der Waals surface area contributed by atoms with Crippen LogP contribution in [0.25, 0.3) is 55.0 Å². The summed E-state index contributed by atoms with van der Waals surface area (Å²) >= 11 is 0. The molecule has 1 atom stereocenters. The molecule has 0 aliphatic heterocycles. The summed E-state index contributed by atoms with van der Waals surface area (Å²) in [5.41, 5.74) is 10.6. The van der Waals surface area contributed by atoms with Crippen molar-refractivity contribution in [3.63, 3.8) is 0 Å². The average molecular weight is 561 g/mol. The molecule has 0 spiro atoms. The maximum absolute atomic E-state index is 6.86. The third-order valence-corrected chi connectivity index (χ3v) is 9.16. The Morgan fingerprint density at radius 3 is 2.14 bits per heavy atom. The quantitative estimate of drug-likeness (QED) is 0.210. The van der Waals surface area contributed by atoms with Crippen molar-refractivity contribution in [1.82, 2.24) is 0 Å². The lowest BCUT2D eigenvalue weighted by molar-refractivity contribution is 0.671. The molecule has 0 amide bonds. The summed E-state index contributed by atoms with van der Waals surface area (Å²) in [6.07, 6.45) is 11.1. The molecule has 0 saturated heterocycles. The first kappa shape index (κ1) is 24.9. The molecular weight excluding hydrogens is 532 g/mol. The van der Waals surface area contributed by atoms with Crippen molar-refractivity contribution in [2.24, 2.45) is 5.92 Å². The molecule has 206 valence electrons. The van der Waals surface area contributed by atoms with Crippen LogP contribution in [0.3, 0.4) is 0 Å². The highest BCUT2D eigenvalue weighted by molar-refractivity contribution is 6.17. The number of fused-ring (bicyclic) bond motifs is 7. The van der Waals surface area contributed by atoms with Gasteiger partial charge in [0.05, 0.1) is 0 Å². The number of hydrogen-bond acceptors (Lipinski definition) is 1. The van der Waals surface area contributed by atoms with Crippen molar-refractivity contribution < 1.29 is 4.42 Å². The number of benzene rings is 6. The highest BCUT2D eigenvalue weighted by Crippen LogP contribution is 2.43. The van der Waals surface area contributed by atoms with Crippen LogP contribution in [0.5, 0.6) is 0 Å². The average Bonchev–Trinajstić information content (AvgIpc) is 3.32. The molecule has 1 aromatic heterocycles. The van der Waals surface area contributed by atoms with Gasteiger partial charge < -0.3 is 4.42 Å². The van der Waals surface area contributed by atoms with E-state index in [0.29, 0.717) is 0 Å². The van der Waals surface area contributed by atoms with Gasteiger partial charge in [0.25, 0.3) is 0 Å².